The van der Waals surface area contributed by atoms with E-state index in [2.05, 4.69) is 25.7 Å². The first-order valence-corrected chi connectivity index (χ1v) is 11.6. The average Bonchev–Trinajstić information content (AvgIpc) is 2.76. The van der Waals surface area contributed by atoms with Gasteiger partial charge in [0, 0.05) is 12.0 Å². The monoisotopic (exact) mass is 412 g/mol. The molecular weight excluding hydrogens is 374 g/mol. The first-order valence-electron chi connectivity index (χ1n) is 11.6. The van der Waals surface area contributed by atoms with Gasteiger partial charge in [0.2, 0.25) is 0 Å². The van der Waals surface area contributed by atoms with Crippen LogP contribution < -0.4 is 0 Å². The van der Waals surface area contributed by atoms with Crippen LogP contribution >= 0.6 is 0 Å². The summed E-state index contributed by atoms with van der Waals surface area (Å²) in [4.78, 5) is 0. The SMILES string of the molecule is CCCCCCC#Cc1ccc(F)cc1.CCCCCCCCc1ccc(F)cc1. The van der Waals surface area contributed by atoms with Crippen LogP contribution in [0.4, 0.5) is 8.78 Å². The Hall–Kier alpha value is -2.14. The fraction of sp³-hybridized carbons (Fsp3) is 0.500. The zero-order valence-electron chi connectivity index (χ0n) is 18.9. The van der Waals surface area contributed by atoms with Gasteiger partial charge >= 0.3 is 0 Å². The summed E-state index contributed by atoms with van der Waals surface area (Å²) in [5.41, 5.74) is 2.15. The van der Waals surface area contributed by atoms with E-state index >= 15 is 0 Å². The molecule has 0 radical (unpaired) electrons. The number of rotatable bonds is 11. The third-order valence-electron chi connectivity index (χ3n) is 4.96. The van der Waals surface area contributed by atoms with E-state index in [9.17, 15) is 8.78 Å². The summed E-state index contributed by atoms with van der Waals surface area (Å²) in [7, 11) is 0. The molecule has 164 valence electrons. The fourth-order valence-corrected chi connectivity index (χ4v) is 3.10. The second-order valence-corrected chi connectivity index (χ2v) is 7.76. The molecule has 0 bridgehead atoms. The highest BCUT2D eigenvalue weighted by atomic mass is 19.1. The van der Waals surface area contributed by atoms with E-state index in [0.29, 0.717) is 0 Å². The van der Waals surface area contributed by atoms with Gasteiger partial charge in [-0.25, -0.2) is 8.78 Å². The van der Waals surface area contributed by atoms with Crippen LogP contribution in [0.15, 0.2) is 48.5 Å². The van der Waals surface area contributed by atoms with Crippen molar-refractivity contribution in [1.82, 2.24) is 0 Å². The minimum Gasteiger partial charge on any atom is -0.207 e. The number of halogens is 2. The van der Waals surface area contributed by atoms with Gasteiger partial charge in [-0.15, -0.1) is 0 Å². The van der Waals surface area contributed by atoms with E-state index in [4.69, 9.17) is 0 Å². The van der Waals surface area contributed by atoms with Crippen LogP contribution in [0.3, 0.4) is 0 Å². The number of aryl methyl sites for hydroxylation is 1. The van der Waals surface area contributed by atoms with E-state index in [1.807, 2.05) is 12.1 Å². The molecule has 0 saturated carbocycles. The molecule has 0 fully saturated rings. The van der Waals surface area contributed by atoms with E-state index in [1.165, 1.54) is 81.9 Å². The molecule has 0 amide bonds. The third kappa shape index (κ3) is 13.9. The van der Waals surface area contributed by atoms with Crippen LogP contribution in [0.2, 0.25) is 0 Å². The topological polar surface area (TPSA) is 0 Å². The van der Waals surface area contributed by atoms with Crippen LogP contribution in [-0.2, 0) is 6.42 Å². The molecule has 0 aromatic heterocycles. The largest absolute Gasteiger partial charge is 0.207 e. The maximum Gasteiger partial charge on any atom is 0.123 e. The van der Waals surface area contributed by atoms with Crippen molar-refractivity contribution in [3.63, 3.8) is 0 Å². The Balaban J connectivity index is 0.000000300. The first-order chi connectivity index (χ1) is 14.7. The van der Waals surface area contributed by atoms with Gasteiger partial charge in [-0.3, -0.25) is 0 Å². The van der Waals surface area contributed by atoms with Gasteiger partial charge in [-0.1, -0.05) is 89.2 Å². The summed E-state index contributed by atoms with van der Waals surface area (Å²) in [6.45, 7) is 4.43. The molecule has 0 saturated heterocycles. The minimum absolute atomic E-state index is 0.137. The summed E-state index contributed by atoms with van der Waals surface area (Å²) in [6, 6.07) is 13.2. The van der Waals surface area contributed by atoms with Crippen molar-refractivity contribution in [2.24, 2.45) is 0 Å². The molecule has 0 nitrogen and oxygen atoms in total. The lowest BCUT2D eigenvalue weighted by Gasteiger charge is -2.01. The number of unbranched alkanes of at least 4 members (excludes halogenated alkanes) is 9. The number of hydrogen-bond donors (Lipinski definition) is 0. The quantitative estimate of drug-likeness (QED) is 0.255. The van der Waals surface area contributed by atoms with Gasteiger partial charge in [-0.05, 0) is 61.2 Å². The molecule has 30 heavy (non-hydrogen) atoms. The molecule has 2 heteroatoms. The molecule has 0 aliphatic heterocycles. The predicted molar refractivity (Wildman–Crippen MR) is 126 cm³/mol. The Morgan fingerprint density at radius 1 is 0.600 bits per heavy atom. The summed E-state index contributed by atoms with van der Waals surface area (Å²) in [5, 5.41) is 0. The van der Waals surface area contributed by atoms with Crippen molar-refractivity contribution >= 4 is 0 Å². The van der Waals surface area contributed by atoms with Gasteiger partial charge in [0.05, 0.1) is 0 Å². The maximum atomic E-state index is 12.6. The minimum atomic E-state index is -0.205. The zero-order valence-corrected chi connectivity index (χ0v) is 18.9. The Labute approximate surface area is 183 Å². The lowest BCUT2D eigenvalue weighted by Crippen LogP contribution is -1.86. The van der Waals surface area contributed by atoms with Gasteiger partial charge in [-0.2, -0.15) is 0 Å². The van der Waals surface area contributed by atoms with Gasteiger partial charge in [0.15, 0.2) is 0 Å². The van der Waals surface area contributed by atoms with E-state index in [0.717, 1.165) is 18.4 Å². The van der Waals surface area contributed by atoms with E-state index in [1.54, 1.807) is 24.3 Å². The number of benzene rings is 2. The van der Waals surface area contributed by atoms with Gasteiger partial charge in [0.25, 0.3) is 0 Å². The van der Waals surface area contributed by atoms with Gasteiger partial charge in [0.1, 0.15) is 11.6 Å². The Morgan fingerprint density at radius 3 is 1.70 bits per heavy atom. The lowest BCUT2D eigenvalue weighted by molar-refractivity contribution is 0.605. The molecule has 0 heterocycles. The van der Waals surface area contributed by atoms with Crippen LogP contribution in [0, 0.1) is 23.5 Å². The normalized spacial score (nSPS) is 10.0. The highest BCUT2D eigenvalue weighted by Crippen LogP contribution is 2.10. The predicted octanol–water partition coefficient (Wildman–Crippen LogP) is 8.88. The van der Waals surface area contributed by atoms with Crippen molar-refractivity contribution < 1.29 is 8.78 Å². The standard InChI is InChI=1S/C14H21F.C14H17F/c2*1-2-3-4-5-6-7-8-13-9-11-14(15)12-10-13/h9-12H,2-8H2,1H3;9-12H,2-6H2,1H3. The zero-order chi connectivity index (χ0) is 21.9. The van der Waals surface area contributed by atoms with Crippen molar-refractivity contribution in [3.05, 3.63) is 71.3 Å². The van der Waals surface area contributed by atoms with Crippen LogP contribution in [0.25, 0.3) is 0 Å². The van der Waals surface area contributed by atoms with Crippen molar-refractivity contribution in [2.75, 3.05) is 0 Å². The molecule has 0 N–H and O–H groups in total. The van der Waals surface area contributed by atoms with Crippen molar-refractivity contribution in [1.29, 1.82) is 0 Å². The molecule has 0 aliphatic carbocycles. The van der Waals surface area contributed by atoms with Crippen LogP contribution in [0.1, 0.15) is 95.6 Å². The Bertz CT molecular complexity index is 705. The lowest BCUT2D eigenvalue weighted by atomic mass is 10.1. The Kier molecular flexibility index (Phi) is 15.3. The second-order valence-electron chi connectivity index (χ2n) is 7.76. The van der Waals surface area contributed by atoms with Crippen molar-refractivity contribution in [3.8, 4) is 11.8 Å². The smallest absolute Gasteiger partial charge is 0.123 e. The van der Waals surface area contributed by atoms with Crippen LogP contribution in [-0.4, -0.2) is 0 Å². The molecule has 0 atom stereocenters. The second kappa shape index (κ2) is 17.7. The molecule has 0 spiro atoms. The number of hydrogen-bond acceptors (Lipinski definition) is 0. The highest BCUT2D eigenvalue weighted by Gasteiger charge is 1.95. The van der Waals surface area contributed by atoms with Gasteiger partial charge < -0.3 is 0 Å². The highest BCUT2D eigenvalue weighted by molar-refractivity contribution is 5.33. The first kappa shape index (κ1) is 25.9. The molecular formula is C28H38F2. The summed E-state index contributed by atoms with van der Waals surface area (Å²) < 4.78 is 25.2. The molecule has 2 aromatic rings. The molecule has 0 unspecified atom stereocenters. The Morgan fingerprint density at radius 2 is 1.10 bits per heavy atom. The maximum absolute atomic E-state index is 12.6. The molecule has 2 aromatic carbocycles. The molecule has 2 rings (SSSR count). The van der Waals surface area contributed by atoms with Crippen molar-refractivity contribution in [2.45, 2.75) is 90.9 Å². The van der Waals surface area contributed by atoms with E-state index < -0.39 is 0 Å². The summed E-state index contributed by atoms with van der Waals surface area (Å²) >= 11 is 0. The van der Waals surface area contributed by atoms with Crippen LogP contribution in [0.5, 0.6) is 0 Å². The summed E-state index contributed by atoms with van der Waals surface area (Å²) in [5.74, 6) is 5.80. The molecule has 0 aliphatic rings. The average molecular weight is 413 g/mol. The fourth-order valence-electron chi connectivity index (χ4n) is 3.10. The van der Waals surface area contributed by atoms with E-state index in [-0.39, 0.29) is 11.6 Å². The third-order valence-corrected chi connectivity index (χ3v) is 4.96. The summed E-state index contributed by atoms with van der Waals surface area (Å²) in [6.07, 6.45) is 14.9.